The van der Waals surface area contributed by atoms with Gasteiger partial charge in [-0.1, -0.05) is 41.4 Å². The van der Waals surface area contributed by atoms with Crippen molar-refractivity contribution in [3.8, 4) is 17.0 Å². The van der Waals surface area contributed by atoms with Gasteiger partial charge in [0.2, 0.25) is 5.65 Å². The first-order chi connectivity index (χ1) is 15.1. The highest BCUT2D eigenvalue weighted by Crippen LogP contribution is 2.32. The third kappa shape index (κ3) is 5.43. The summed E-state index contributed by atoms with van der Waals surface area (Å²) in [5, 5.41) is 6.83. The molecule has 0 bridgehead atoms. The molecule has 8 nitrogen and oxygen atoms in total. The lowest BCUT2D eigenvalue weighted by Crippen LogP contribution is -2.34. The number of rotatable bonds is 2. The van der Waals surface area contributed by atoms with Crippen LogP contribution in [0.5, 0.6) is 5.75 Å². The maximum atomic E-state index is 12.0. The van der Waals surface area contributed by atoms with Gasteiger partial charge in [0, 0.05) is 24.7 Å². The maximum Gasteiger partial charge on any atom is 0.410 e. The number of aromatic nitrogens is 3. The van der Waals surface area contributed by atoms with Gasteiger partial charge in [-0.3, -0.25) is 0 Å². The number of H-pyrrole nitrogens is 1. The number of aryl methyl sites for hydroxylation is 1. The minimum absolute atomic E-state index is 0.167. The van der Waals surface area contributed by atoms with Gasteiger partial charge in [0.25, 0.3) is 0 Å². The molecule has 1 saturated heterocycles. The number of pyridine rings is 1. The molecule has 1 fully saturated rings. The Balaban J connectivity index is 0.000000207. The van der Waals surface area contributed by atoms with Gasteiger partial charge in [-0.2, -0.15) is 0 Å². The average molecular weight is 461 g/mol. The topological polar surface area (TPSA) is 88.9 Å². The number of hydrogen-bond acceptors (Lipinski definition) is 5. The third-order valence-electron chi connectivity index (χ3n) is 4.90. The molecule has 3 heterocycles. The number of ether oxygens (including phenoxy) is 2. The zero-order chi connectivity index (χ0) is 23.5. The second-order valence-corrected chi connectivity index (χ2v) is 9.04. The Kier molecular flexibility index (Phi) is 7.13. The van der Waals surface area contributed by atoms with E-state index in [4.69, 9.17) is 21.1 Å². The molecule has 1 aliphatic heterocycles. The van der Waals surface area contributed by atoms with Gasteiger partial charge in [0.1, 0.15) is 5.60 Å². The highest BCUT2D eigenvalue weighted by molar-refractivity contribution is 6.33. The van der Waals surface area contributed by atoms with E-state index in [1.165, 1.54) is 11.5 Å². The number of likely N-dealkylation sites (tertiary alicyclic amines) is 1. The van der Waals surface area contributed by atoms with Gasteiger partial charge in [-0.05, 0) is 40.5 Å². The normalized spacial score (nSPS) is 13.6. The molecule has 0 aliphatic carbocycles. The molecule has 3 aromatic rings. The number of carbonyl (C=O) groups excluding carboxylic acids is 1. The number of hydrogen-bond donors (Lipinski definition) is 1. The lowest BCUT2D eigenvalue weighted by Gasteiger charge is -2.23. The number of methoxy groups -OCH3 is 1. The Morgan fingerprint density at radius 2 is 1.78 bits per heavy atom. The lowest BCUT2D eigenvalue weighted by atomic mass is 10.1. The van der Waals surface area contributed by atoms with Crippen molar-refractivity contribution in [2.24, 2.45) is 0 Å². The molecule has 0 atom stereocenters. The first-order valence-electron chi connectivity index (χ1n) is 10.5. The third-order valence-corrected chi connectivity index (χ3v) is 5.19. The fourth-order valence-corrected chi connectivity index (χ4v) is 3.67. The summed E-state index contributed by atoms with van der Waals surface area (Å²) in [6, 6.07) is 9.43. The molecule has 0 spiro atoms. The molecule has 0 unspecified atom stereocenters. The van der Waals surface area contributed by atoms with Crippen LogP contribution in [-0.4, -0.2) is 51.4 Å². The van der Waals surface area contributed by atoms with Crippen LogP contribution in [0.25, 0.3) is 16.9 Å². The molecular weight excluding hydrogens is 432 g/mol. The number of nitrogens with one attached hydrogen (secondary N) is 1. The quantitative estimate of drug-likeness (QED) is 0.599. The van der Waals surface area contributed by atoms with Crippen LogP contribution in [0, 0.1) is 6.92 Å². The Morgan fingerprint density at radius 3 is 2.34 bits per heavy atom. The molecule has 1 amide bonds. The van der Waals surface area contributed by atoms with E-state index < -0.39 is 0 Å². The number of aromatic amines is 1. The van der Waals surface area contributed by atoms with Crippen molar-refractivity contribution in [1.82, 2.24) is 19.5 Å². The van der Waals surface area contributed by atoms with E-state index in [1.54, 1.807) is 11.0 Å². The predicted molar refractivity (Wildman–Crippen MR) is 125 cm³/mol. The van der Waals surface area contributed by atoms with Crippen LogP contribution in [0.2, 0.25) is 5.02 Å². The molecular formula is C23H29ClN4O4. The van der Waals surface area contributed by atoms with Crippen molar-refractivity contribution in [3.05, 3.63) is 51.4 Å². The lowest BCUT2D eigenvalue weighted by molar-refractivity contribution is 0.0295. The van der Waals surface area contributed by atoms with Gasteiger partial charge < -0.3 is 14.4 Å². The van der Waals surface area contributed by atoms with Gasteiger partial charge >= 0.3 is 11.8 Å². The van der Waals surface area contributed by atoms with Crippen molar-refractivity contribution in [2.75, 3.05) is 20.2 Å². The first-order valence-corrected chi connectivity index (χ1v) is 10.9. The van der Waals surface area contributed by atoms with Gasteiger partial charge in [-0.25, -0.2) is 19.1 Å². The number of benzene rings is 1. The van der Waals surface area contributed by atoms with Crippen molar-refractivity contribution >= 4 is 23.3 Å². The summed E-state index contributed by atoms with van der Waals surface area (Å²) >= 11 is 6.31. The zero-order valence-electron chi connectivity index (χ0n) is 19.1. The monoisotopic (exact) mass is 460 g/mol. The zero-order valence-corrected chi connectivity index (χ0v) is 19.8. The number of halogens is 1. The van der Waals surface area contributed by atoms with E-state index >= 15 is 0 Å². The minimum Gasteiger partial charge on any atom is -0.493 e. The second-order valence-electron chi connectivity index (χ2n) is 8.64. The van der Waals surface area contributed by atoms with Crippen LogP contribution in [-0.2, 0) is 4.74 Å². The molecule has 1 N–H and O–H groups in total. The van der Waals surface area contributed by atoms with Crippen LogP contribution < -0.4 is 10.4 Å². The molecule has 0 saturated carbocycles. The fourth-order valence-electron chi connectivity index (χ4n) is 3.38. The second kappa shape index (κ2) is 9.65. The minimum atomic E-state index is -0.361. The fraction of sp³-hybridized carbons (Fsp3) is 0.435. The van der Waals surface area contributed by atoms with E-state index in [2.05, 4.69) is 10.2 Å². The summed E-state index contributed by atoms with van der Waals surface area (Å²) < 4.78 is 11.8. The number of fused-ring (bicyclic) bond motifs is 1. The van der Waals surface area contributed by atoms with Crippen LogP contribution in [0.15, 0.2) is 35.1 Å². The van der Waals surface area contributed by atoms with E-state index in [-0.39, 0.29) is 17.4 Å². The molecule has 1 aromatic carbocycles. The van der Waals surface area contributed by atoms with Gasteiger partial charge in [0.05, 0.1) is 17.8 Å². The number of nitrogens with zero attached hydrogens (tertiary/aromatic N) is 3. The maximum absolute atomic E-state index is 12.0. The Bertz CT molecular complexity index is 1140. The Morgan fingerprint density at radius 1 is 1.16 bits per heavy atom. The summed E-state index contributed by atoms with van der Waals surface area (Å²) in [6.07, 6.45) is 2.05. The summed E-state index contributed by atoms with van der Waals surface area (Å²) in [6.45, 7) is 9.38. The van der Waals surface area contributed by atoms with Crippen molar-refractivity contribution < 1.29 is 14.3 Å². The van der Waals surface area contributed by atoms with E-state index in [0.717, 1.165) is 37.1 Å². The molecule has 0 radical (unpaired) electrons. The molecule has 2 aromatic heterocycles. The van der Waals surface area contributed by atoms with Crippen molar-refractivity contribution in [3.63, 3.8) is 0 Å². The summed E-state index contributed by atoms with van der Waals surface area (Å²) in [7, 11) is 1.51. The smallest absolute Gasteiger partial charge is 0.410 e. The highest BCUT2D eigenvalue weighted by atomic mass is 35.5. The predicted octanol–water partition coefficient (Wildman–Crippen LogP) is 4.68. The molecule has 32 heavy (non-hydrogen) atoms. The number of amides is 1. The van der Waals surface area contributed by atoms with E-state index in [1.807, 2.05) is 52.0 Å². The highest BCUT2D eigenvalue weighted by Gasteiger charge is 2.24. The van der Waals surface area contributed by atoms with Gasteiger partial charge in [-0.15, -0.1) is 5.10 Å². The summed E-state index contributed by atoms with van der Waals surface area (Å²) in [4.78, 5) is 25.1. The first kappa shape index (κ1) is 23.7. The van der Waals surface area contributed by atoms with Gasteiger partial charge in [0.15, 0.2) is 5.75 Å². The van der Waals surface area contributed by atoms with E-state index in [0.29, 0.717) is 22.1 Å². The van der Waals surface area contributed by atoms with E-state index in [9.17, 15) is 9.59 Å². The van der Waals surface area contributed by atoms with Crippen LogP contribution in [0.4, 0.5) is 4.79 Å². The van der Waals surface area contributed by atoms with Crippen LogP contribution in [0.1, 0.15) is 39.2 Å². The molecule has 1 aliphatic rings. The standard InChI is InChI=1S/C14H12ClN3O2.C9H17NO2/c1-8-3-5-9(6-4-8)12-10(15)7-11(20-2)13-16-17-14(19)18(12)13;1-9(2,3)12-8(11)10-6-4-5-7-10/h3-7H,1-2H3,(H,17,19);4-7H2,1-3H3. The average Bonchev–Trinajstić information content (AvgIpc) is 3.39. The Labute approximate surface area is 192 Å². The Hall–Kier alpha value is -3.00. The molecule has 172 valence electrons. The summed E-state index contributed by atoms with van der Waals surface area (Å²) in [5.74, 6) is 0.448. The van der Waals surface area contributed by atoms with Crippen molar-refractivity contribution in [1.29, 1.82) is 0 Å². The van der Waals surface area contributed by atoms with Crippen LogP contribution in [0.3, 0.4) is 0 Å². The largest absolute Gasteiger partial charge is 0.493 e. The molecule has 9 heteroatoms. The molecule has 4 rings (SSSR count). The number of carbonyl (C=O) groups is 1. The summed E-state index contributed by atoms with van der Waals surface area (Å²) in [5.41, 5.74) is 2.28. The SMILES string of the molecule is CC(C)(C)OC(=O)N1CCCC1.COc1cc(Cl)c(-c2ccc(C)cc2)n2c(=O)[nH]nc12. The van der Waals surface area contributed by atoms with Crippen LogP contribution >= 0.6 is 11.6 Å². The van der Waals surface area contributed by atoms with Crippen molar-refractivity contribution in [2.45, 2.75) is 46.1 Å².